The molecule has 0 aliphatic carbocycles. The third-order valence-electron chi connectivity index (χ3n) is 3.99. The Hall–Kier alpha value is -2.01. The Morgan fingerprint density at radius 3 is 2.12 bits per heavy atom. The third-order valence-corrected chi connectivity index (χ3v) is 6.07. The maximum absolute atomic E-state index is 5.96. The van der Waals surface area contributed by atoms with E-state index in [0.717, 1.165) is 32.0 Å². The van der Waals surface area contributed by atoms with Crippen molar-refractivity contribution in [3.8, 4) is 32.5 Å². The molecule has 0 saturated heterocycles. The summed E-state index contributed by atoms with van der Waals surface area (Å²) in [6.07, 6.45) is 0. The minimum atomic E-state index is 0.734. The van der Waals surface area contributed by atoms with Gasteiger partial charge in [0.05, 0.1) is 11.4 Å². The van der Waals surface area contributed by atoms with E-state index in [9.17, 15) is 0 Å². The SMILES string of the molecule is Cc1ccc(-c2csc(-c3nc(-c4ccc(Cl)cc4)cs3)n2)c(C)c1. The largest absolute Gasteiger partial charge is 0.233 e. The number of aryl methyl sites for hydroxylation is 2. The van der Waals surface area contributed by atoms with E-state index in [1.807, 2.05) is 24.3 Å². The van der Waals surface area contributed by atoms with Crippen molar-refractivity contribution in [3.05, 3.63) is 69.4 Å². The monoisotopic (exact) mass is 382 g/mol. The van der Waals surface area contributed by atoms with Gasteiger partial charge in [-0.2, -0.15) is 0 Å². The van der Waals surface area contributed by atoms with Crippen molar-refractivity contribution in [2.75, 3.05) is 0 Å². The average molecular weight is 383 g/mol. The van der Waals surface area contributed by atoms with Gasteiger partial charge in [-0.25, -0.2) is 9.97 Å². The summed E-state index contributed by atoms with van der Waals surface area (Å²) in [6.45, 7) is 4.24. The molecular weight excluding hydrogens is 368 g/mol. The molecular formula is C20H15ClN2S2. The lowest BCUT2D eigenvalue weighted by atomic mass is 10.0. The summed E-state index contributed by atoms with van der Waals surface area (Å²) >= 11 is 9.22. The minimum absolute atomic E-state index is 0.734. The van der Waals surface area contributed by atoms with E-state index in [4.69, 9.17) is 21.6 Å². The second-order valence-corrected chi connectivity index (χ2v) is 8.05. The molecule has 0 unspecified atom stereocenters. The predicted octanol–water partition coefficient (Wildman–Crippen LogP) is 6.87. The molecule has 0 fully saturated rings. The molecule has 4 rings (SSSR count). The topological polar surface area (TPSA) is 25.8 Å². The molecule has 2 nitrogen and oxygen atoms in total. The van der Waals surface area contributed by atoms with Crippen LogP contribution in [0.4, 0.5) is 0 Å². The molecule has 2 aromatic heterocycles. The standard InChI is InChI=1S/C20H15ClN2S2/c1-12-3-8-16(13(2)9-12)18-11-25-20(23-18)19-22-17(10-24-19)14-4-6-15(21)7-5-14/h3-11H,1-2H3. The van der Waals surface area contributed by atoms with Crippen LogP contribution in [0.25, 0.3) is 32.5 Å². The van der Waals surface area contributed by atoms with Crippen LogP contribution in [0.2, 0.25) is 5.02 Å². The molecule has 0 N–H and O–H groups in total. The molecule has 0 spiro atoms. The second-order valence-electron chi connectivity index (χ2n) is 5.90. The Kier molecular flexibility index (Phi) is 4.42. The number of hydrogen-bond donors (Lipinski definition) is 0. The zero-order valence-corrected chi connectivity index (χ0v) is 16.2. The molecule has 5 heteroatoms. The van der Waals surface area contributed by atoms with E-state index in [-0.39, 0.29) is 0 Å². The highest BCUT2D eigenvalue weighted by Gasteiger charge is 2.12. The number of thiazole rings is 2. The first kappa shape index (κ1) is 16.5. The first-order valence-electron chi connectivity index (χ1n) is 7.85. The van der Waals surface area contributed by atoms with Crippen LogP contribution in [0.15, 0.2) is 53.2 Å². The fourth-order valence-corrected chi connectivity index (χ4v) is 4.55. The van der Waals surface area contributed by atoms with Crippen molar-refractivity contribution in [3.63, 3.8) is 0 Å². The molecule has 2 aromatic carbocycles. The van der Waals surface area contributed by atoms with Gasteiger partial charge in [-0.3, -0.25) is 0 Å². The fourth-order valence-electron chi connectivity index (χ4n) is 2.72. The lowest BCUT2D eigenvalue weighted by molar-refractivity contribution is 1.32. The molecule has 0 radical (unpaired) electrons. The van der Waals surface area contributed by atoms with Crippen LogP contribution in [-0.2, 0) is 0 Å². The molecule has 0 atom stereocenters. The Bertz CT molecular complexity index is 1030. The Morgan fingerprint density at radius 2 is 1.44 bits per heavy atom. The summed E-state index contributed by atoms with van der Waals surface area (Å²) in [6, 6.07) is 14.2. The van der Waals surface area contributed by atoms with Gasteiger partial charge >= 0.3 is 0 Å². The number of hydrogen-bond acceptors (Lipinski definition) is 4. The minimum Gasteiger partial charge on any atom is -0.233 e. The van der Waals surface area contributed by atoms with Gasteiger partial charge in [0.2, 0.25) is 0 Å². The quantitative estimate of drug-likeness (QED) is 0.386. The fraction of sp³-hybridized carbons (Fsp3) is 0.100. The lowest BCUT2D eigenvalue weighted by Gasteiger charge is -2.03. The first-order chi connectivity index (χ1) is 12.1. The van der Waals surface area contributed by atoms with Gasteiger partial charge in [0.1, 0.15) is 0 Å². The van der Waals surface area contributed by atoms with Crippen LogP contribution in [0.1, 0.15) is 11.1 Å². The van der Waals surface area contributed by atoms with Gasteiger partial charge in [0.15, 0.2) is 10.0 Å². The summed E-state index contributed by atoms with van der Waals surface area (Å²) in [4.78, 5) is 9.55. The summed E-state index contributed by atoms with van der Waals surface area (Å²) < 4.78 is 0. The van der Waals surface area contributed by atoms with Crippen LogP contribution in [0.3, 0.4) is 0 Å². The smallest absolute Gasteiger partial charge is 0.152 e. The normalized spacial score (nSPS) is 11.0. The summed E-state index contributed by atoms with van der Waals surface area (Å²) in [5.74, 6) is 0. The van der Waals surface area contributed by atoms with Gasteiger partial charge in [-0.1, -0.05) is 47.5 Å². The molecule has 25 heavy (non-hydrogen) atoms. The first-order valence-corrected chi connectivity index (χ1v) is 9.99. The third kappa shape index (κ3) is 3.38. The van der Waals surface area contributed by atoms with Crippen LogP contribution in [0, 0.1) is 13.8 Å². The van der Waals surface area contributed by atoms with E-state index in [2.05, 4.69) is 42.8 Å². The van der Waals surface area contributed by atoms with Crippen molar-refractivity contribution < 1.29 is 0 Å². The zero-order valence-electron chi connectivity index (χ0n) is 13.8. The molecule has 0 bridgehead atoms. The van der Waals surface area contributed by atoms with Gasteiger partial charge in [-0.15, -0.1) is 22.7 Å². The number of benzene rings is 2. The van der Waals surface area contributed by atoms with Crippen molar-refractivity contribution in [1.29, 1.82) is 0 Å². The summed E-state index contributed by atoms with van der Waals surface area (Å²) in [7, 11) is 0. The van der Waals surface area contributed by atoms with Crippen LogP contribution >= 0.6 is 34.3 Å². The Morgan fingerprint density at radius 1 is 0.800 bits per heavy atom. The van der Waals surface area contributed by atoms with Gasteiger partial charge < -0.3 is 0 Å². The van der Waals surface area contributed by atoms with E-state index >= 15 is 0 Å². The number of halogens is 1. The molecule has 124 valence electrons. The van der Waals surface area contributed by atoms with E-state index in [1.54, 1.807) is 22.7 Å². The van der Waals surface area contributed by atoms with Crippen LogP contribution in [0.5, 0.6) is 0 Å². The molecule has 0 amide bonds. The van der Waals surface area contributed by atoms with Crippen LogP contribution in [-0.4, -0.2) is 9.97 Å². The molecule has 0 saturated carbocycles. The van der Waals surface area contributed by atoms with Crippen molar-refractivity contribution in [1.82, 2.24) is 9.97 Å². The highest BCUT2D eigenvalue weighted by Crippen LogP contribution is 2.34. The van der Waals surface area contributed by atoms with E-state index in [1.165, 1.54) is 16.7 Å². The second kappa shape index (κ2) is 6.71. The molecule has 0 aliphatic rings. The summed E-state index contributed by atoms with van der Waals surface area (Å²) in [5.41, 5.74) is 6.74. The van der Waals surface area contributed by atoms with Gasteiger partial charge in [0.25, 0.3) is 0 Å². The van der Waals surface area contributed by atoms with Crippen LogP contribution < -0.4 is 0 Å². The predicted molar refractivity (Wildman–Crippen MR) is 109 cm³/mol. The number of rotatable bonds is 3. The average Bonchev–Trinajstić information content (AvgIpc) is 3.24. The van der Waals surface area contributed by atoms with E-state index < -0.39 is 0 Å². The van der Waals surface area contributed by atoms with Gasteiger partial charge in [-0.05, 0) is 31.5 Å². The maximum Gasteiger partial charge on any atom is 0.152 e. The van der Waals surface area contributed by atoms with Crippen molar-refractivity contribution >= 4 is 34.3 Å². The van der Waals surface area contributed by atoms with Crippen molar-refractivity contribution in [2.45, 2.75) is 13.8 Å². The lowest BCUT2D eigenvalue weighted by Crippen LogP contribution is -1.85. The number of nitrogens with zero attached hydrogens (tertiary/aromatic N) is 2. The molecule has 4 aromatic rings. The molecule has 0 aliphatic heterocycles. The van der Waals surface area contributed by atoms with E-state index in [0.29, 0.717) is 0 Å². The number of aromatic nitrogens is 2. The maximum atomic E-state index is 5.96. The highest BCUT2D eigenvalue weighted by molar-refractivity contribution is 7.20. The zero-order chi connectivity index (χ0) is 17.4. The molecule has 2 heterocycles. The van der Waals surface area contributed by atoms with Crippen molar-refractivity contribution in [2.24, 2.45) is 0 Å². The summed E-state index contributed by atoms with van der Waals surface area (Å²) in [5, 5.41) is 6.82. The highest BCUT2D eigenvalue weighted by atomic mass is 35.5. The Labute approximate surface area is 159 Å². The van der Waals surface area contributed by atoms with Gasteiger partial charge in [0, 0.05) is 26.9 Å². The Balaban J connectivity index is 1.65.